The maximum absolute atomic E-state index is 12.5. The molecule has 0 saturated heterocycles. The smallest absolute Gasteiger partial charge is 0.305 e. The van der Waals surface area contributed by atoms with Gasteiger partial charge in [-0.2, -0.15) is 0 Å². The number of nitrogens with one attached hydrogen (secondary N) is 1. The number of sulfonamides is 1. The van der Waals surface area contributed by atoms with Gasteiger partial charge in [0.1, 0.15) is 5.75 Å². The second kappa shape index (κ2) is 9.02. The van der Waals surface area contributed by atoms with Gasteiger partial charge in [-0.15, -0.1) is 0 Å². The Morgan fingerprint density at radius 1 is 1.15 bits per heavy atom. The average Bonchev–Trinajstić information content (AvgIpc) is 2.59. The molecule has 0 unspecified atom stereocenters. The van der Waals surface area contributed by atoms with Crippen LogP contribution in [-0.4, -0.2) is 26.1 Å². The molecule has 0 fully saturated rings. The lowest BCUT2D eigenvalue weighted by molar-refractivity contribution is -0.137. The van der Waals surface area contributed by atoms with Gasteiger partial charge in [-0.05, 0) is 48.4 Å². The summed E-state index contributed by atoms with van der Waals surface area (Å²) in [7, 11) is -3.90. The number of hydrogen-bond acceptors (Lipinski definition) is 4. The number of hydrogen-bond donors (Lipinski definition) is 2. The summed E-state index contributed by atoms with van der Waals surface area (Å²) >= 11 is 5.78. The van der Waals surface area contributed by atoms with Gasteiger partial charge in [0.05, 0.1) is 24.0 Å². The van der Waals surface area contributed by atoms with Crippen LogP contribution in [0.25, 0.3) is 0 Å². The van der Waals surface area contributed by atoms with E-state index in [1.807, 2.05) is 6.92 Å². The van der Waals surface area contributed by atoms with Crippen molar-refractivity contribution in [3.05, 3.63) is 59.1 Å². The zero-order valence-corrected chi connectivity index (χ0v) is 15.8. The van der Waals surface area contributed by atoms with Crippen molar-refractivity contribution in [2.45, 2.75) is 30.7 Å². The first-order chi connectivity index (χ1) is 12.3. The molecule has 0 aliphatic rings. The molecule has 0 bridgehead atoms. The minimum Gasteiger partial charge on any atom is -0.494 e. The molecule has 26 heavy (non-hydrogen) atoms. The lowest BCUT2D eigenvalue weighted by atomic mass is 10.0. The van der Waals surface area contributed by atoms with Crippen LogP contribution in [0.2, 0.25) is 5.02 Å². The van der Waals surface area contributed by atoms with Crippen molar-refractivity contribution in [3.8, 4) is 5.75 Å². The van der Waals surface area contributed by atoms with Crippen LogP contribution in [0.4, 0.5) is 0 Å². The summed E-state index contributed by atoms with van der Waals surface area (Å²) in [6, 6.07) is 11.4. The van der Waals surface area contributed by atoms with Gasteiger partial charge in [0.25, 0.3) is 0 Å². The van der Waals surface area contributed by atoms with Gasteiger partial charge in [-0.25, -0.2) is 13.1 Å². The maximum Gasteiger partial charge on any atom is 0.305 e. The maximum atomic E-state index is 12.5. The molecule has 0 aliphatic heterocycles. The number of benzene rings is 2. The third-order valence-corrected chi connectivity index (χ3v) is 5.29. The number of carbonyl (C=O) groups is 1. The van der Waals surface area contributed by atoms with Crippen LogP contribution < -0.4 is 9.46 Å². The molecule has 0 amide bonds. The molecule has 140 valence electrons. The Bertz CT molecular complexity index is 835. The summed E-state index contributed by atoms with van der Waals surface area (Å²) in [5.41, 5.74) is 0.536. The number of aliphatic carboxylic acids is 1. The molecule has 2 N–H and O–H groups in total. The Morgan fingerprint density at radius 2 is 1.77 bits per heavy atom. The Kier molecular flexibility index (Phi) is 7.02. The minimum atomic E-state index is -3.90. The van der Waals surface area contributed by atoms with Crippen molar-refractivity contribution < 1.29 is 23.1 Å². The van der Waals surface area contributed by atoms with E-state index in [1.54, 1.807) is 24.3 Å². The summed E-state index contributed by atoms with van der Waals surface area (Å²) < 4.78 is 33.0. The number of carboxylic acids is 1. The quantitative estimate of drug-likeness (QED) is 0.674. The normalized spacial score (nSPS) is 12.5. The monoisotopic (exact) mass is 397 g/mol. The van der Waals surface area contributed by atoms with E-state index in [2.05, 4.69) is 4.72 Å². The van der Waals surface area contributed by atoms with Crippen molar-refractivity contribution >= 4 is 27.6 Å². The van der Waals surface area contributed by atoms with Crippen molar-refractivity contribution in [3.63, 3.8) is 0 Å². The summed E-state index contributed by atoms with van der Waals surface area (Å²) in [5.74, 6) is -0.467. The predicted molar refractivity (Wildman–Crippen MR) is 99.0 cm³/mol. The van der Waals surface area contributed by atoms with Gasteiger partial charge in [0.2, 0.25) is 10.0 Å². The molecular weight excluding hydrogens is 378 g/mol. The molecule has 6 nitrogen and oxygen atoms in total. The lowest BCUT2D eigenvalue weighted by Crippen LogP contribution is -2.30. The Labute approximate surface area is 157 Å². The largest absolute Gasteiger partial charge is 0.494 e. The van der Waals surface area contributed by atoms with E-state index in [4.69, 9.17) is 21.4 Å². The first kappa shape index (κ1) is 20.2. The molecule has 1 atom stereocenters. The molecule has 0 aromatic heterocycles. The van der Waals surface area contributed by atoms with Gasteiger partial charge in [0, 0.05) is 5.02 Å². The highest BCUT2D eigenvalue weighted by molar-refractivity contribution is 7.89. The second-order valence-corrected chi connectivity index (χ2v) is 7.79. The zero-order chi connectivity index (χ0) is 19.2. The Morgan fingerprint density at radius 3 is 2.31 bits per heavy atom. The van der Waals surface area contributed by atoms with E-state index in [0.29, 0.717) is 22.9 Å². The van der Waals surface area contributed by atoms with Crippen molar-refractivity contribution in [2.75, 3.05) is 6.61 Å². The summed E-state index contributed by atoms with van der Waals surface area (Å²) in [4.78, 5) is 11.2. The van der Waals surface area contributed by atoms with Gasteiger partial charge < -0.3 is 9.84 Å². The number of carboxylic acid groups (broad SMARTS) is 1. The van der Waals surface area contributed by atoms with E-state index in [9.17, 15) is 13.2 Å². The molecule has 0 heterocycles. The first-order valence-corrected chi connectivity index (χ1v) is 9.90. The Hall–Kier alpha value is -2.09. The fourth-order valence-electron chi connectivity index (χ4n) is 2.29. The highest BCUT2D eigenvalue weighted by atomic mass is 35.5. The molecule has 8 heteroatoms. The van der Waals surface area contributed by atoms with Crippen molar-refractivity contribution in [2.24, 2.45) is 0 Å². The van der Waals surface area contributed by atoms with Gasteiger partial charge in [-0.1, -0.05) is 30.7 Å². The lowest BCUT2D eigenvalue weighted by Gasteiger charge is -2.18. The van der Waals surface area contributed by atoms with Crippen LogP contribution in [0.5, 0.6) is 5.75 Å². The van der Waals surface area contributed by atoms with Crippen molar-refractivity contribution in [1.29, 1.82) is 0 Å². The number of ether oxygens (including phenoxy) is 1. The van der Waals surface area contributed by atoms with E-state index in [0.717, 1.165) is 6.42 Å². The van der Waals surface area contributed by atoms with Gasteiger partial charge >= 0.3 is 5.97 Å². The SMILES string of the molecule is CCCOc1ccc([C@@H](CC(=O)O)NS(=O)(=O)c2ccc(Cl)cc2)cc1. The van der Waals surface area contributed by atoms with Crippen LogP contribution in [-0.2, 0) is 14.8 Å². The molecule has 2 aromatic carbocycles. The molecule has 0 spiro atoms. The van der Waals surface area contributed by atoms with E-state index in [1.165, 1.54) is 24.3 Å². The fraction of sp³-hybridized carbons (Fsp3) is 0.278. The highest BCUT2D eigenvalue weighted by Crippen LogP contribution is 2.23. The number of rotatable bonds is 9. The van der Waals surface area contributed by atoms with E-state index in [-0.39, 0.29) is 11.3 Å². The van der Waals surface area contributed by atoms with E-state index >= 15 is 0 Å². The standard InChI is InChI=1S/C18H20ClNO5S/c1-2-11-25-15-7-3-13(4-8-15)17(12-18(21)22)20-26(23,24)16-9-5-14(19)6-10-16/h3-10,17,20H,2,11-12H2,1H3,(H,21,22)/t17-/m1/s1. The summed E-state index contributed by atoms with van der Waals surface area (Å²) in [6.07, 6.45) is 0.478. The van der Waals surface area contributed by atoms with Gasteiger partial charge in [-0.3, -0.25) is 4.79 Å². The van der Waals surface area contributed by atoms with Crippen LogP contribution in [0, 0.1) is 0 Å². The molecular formula is C18H20ClNO5S. The third kappa shape index (κ3) is 5.72. The molecule has 2 aromatic rings. The van der Waals surface area contributed by atoms with Crippen LogP contribution in [0.15, 0.2) is 53.4 Å². The fourth-order valence-corrected chi connectivity index (χ4v) is 3.64. The van der Waals surface area contributed by atoms with Crippen LogP contribution in [0.1, 0.15) is 31.4 Å². The molecule has 2 rings (SSSR count). The van der Waals surface area contributed by atoms with Crippen LogP contribution >= 0.6 is 11.6 Å². The molecule has 0 radical (unpaired) electrons. The predicted octanol–water partition coefficient (Wildman–Crippen LogP) is 3.62. The first-order valence-electron chi connectivity index (χ1n) is 8.04. The van der Waals surface area contributed by atoms with Gasteiger partial charge in [0.15, 0.2) is 0 Å². The van der Waals surface area contributed by atoms with E-state index < -0.39 is 22.0 Å². The Balaban J connectivity index is 2.24. The average molecular weight is 398 g/mol. The zero-order valence-electron chi connectivity index (χ0n) is 14.2. The van der Waals surface area contributed by atoms with Crippen LogP contribution in [0.3, 0.4) is 0 Å². The highest BCUT2D eigenvalue weighted by Gasteiger charge is 2.23. The topological polar surface area (TPSA) is 92.7 Å². The third-order valence-electron chi connectivity index (χ3n) is 3.56. The number of halogens is 1. The van der Waals surface area contributed by atoms with Crippen molar-refractivity contribution in [1.82, 2.24) is 4.72 Å². The minimum absolute atomic E-state index is 0.0141. The summed E-state index contributed by atoms with van der Waals surface area (Å²) in [6.45, 7) is 2.56. The summed E-state index contributed by atoms with van der Waals surface area (Å²) in [5, 5.41) is 9.55. The second-order valence-electron chi connectivity index (χ2n) is 5.64. The molecule has 0 saturated carbocycles. The molecule has 0 aliphatic carbocycles.